The second kappa shape index (κ2) is 6.10. The lowest BCUT2D eigenvalue weighted by atomic mass is 10.3. The van der Waals surface area contributed by atoms with Crippen molar-refractivity contribution in [2.45, 2.75) is 0 Å². The van der Waals surface area contributed by atoms with Crippen LogP contribution >= 0.6 is 35.0 Å². The Morgan fingerprint density at radius 3 is 2.48 bits per heavy atom. The van der Waals surface area contributed by atoms with Gasteiger partial charge in [0.25, 0.3) is 0 Å². The number of halogens is 2. The molecule has 1 N–H and O–H groups in total. The monoisotopic (exact) mass is 337 g/mol. The van der Waals surface area contributed by atoms with Crippen LogP contribution in [-0.4, -0.2) is 16.8 Å². The first-order valence-corrected chi connectivity index (χ1v) is 7.98. The van der Waals surface area contributed by atoms with Crippen LogP contribution in [0.4, 0.5) is 11.4 Å². The van der Waals surface area contributed by atoms with E-state index in [0.717, 1.165) is 16.5 Å². The lowest BCUT2D eigenvalue weighted by molar-refractivity contribution is -0.350. The summed E-state index contributed by atoms with van der Waals surface area (Å²) in [6.45, 7) is 0. The maximum Gasteiger partial charge on any atom is 0.325 e. The van der Waals surface area contributed by atoms with E-state index >= 15 is 0 Å². The summed E-state index contributed by atoms with van der Waals surface area (Å²) < 4.78 is 0. The number of nitrogens with zero attached hydrogens (tertiary/aromatic N) is 1. The van der Waals surface area contributed by atoms with E-state index in [1.165, 1.54) is 11.8 Å². The topological polar surface area (TPSA) is 34.3 Å². The molecule has 1 heterocycles. The van der Waals surface area contributed by atoms with Gasteiger partial charge in [-0.3, -0.25) is 0 Å². The molecule has 0 atom stereocenters. The second-order valence-corrected chi connectivity index (χ2v) is 6.28. The molecule has 0 spiro atoms. The Kier molecular flexibility index (Phi) is 4.19. The molecule has 0 aliphatic carbocycles. The number of hydrogen-bond acceptors (Lipinski definition) is 2. The molecule has 1 fully saturated rings. The van der Waals surface area contributed by atoms with Crippen LogP contribution in [0.25, 0.3) is 0 Å². The van der Waals surface area contributed by atoms with Crippen molar-refractivity contribution < 1.29 is 9.79 Å². The van der Waals surface area contributed by atoms with Crippen molar-refractivity contribution in [1.29, 1.82) is 0 Å². The fraction of sp³-hybridized carbons (Fsp3) is 0.0667. The molecule has 1 aliphatic rings. The van der Waals surface area contributed by atoms with Gasteiger partial charge in [0.1, 0.15) is 17.1 Å². The molecular formula is C15H11Cl2N2OS+. The highest BCUT2D eigenvalue weighted by atomic mass is 35.5. The molecule has 106 valence electrons. The summed E-state index contributed by atoms with van der Waals surface area (Å²) in [6.07, 6.45) is 0. The summed E-state index contributed by atoms with van der Waals surface area (Å²) in [5, 5.41) is 1.99. The van der Waals surface area contributed by atoms with Crippen LogP contribution in [0.2, 0.25) is 10.0 Å². The van der Waals surface area contributed by atoms with E-state index in [0.29, 0.717) is 15.8 Å². The lowest BCUT2D eigenvalue weighted by Gasteiger charge is -2.08. The van der Waals surface area contributed by atoms with E-state index in [-0.39, 0.29) is 5.91 Å². The first-order chi connectivity index (χ1) is 10.1. The number of benzene rings is 2. The molecule has 3 nitrogen and oxygen atoms in total. The number of carbonyl (C=O) groups excluding carboxylic acids is 1. The van der Waals surface area contributed by atoms with Crippen LogP contribution < -0.4 is 9.89 Å². The highest BCUT2D eigenvalue weighted by Crippen LogP contribution is 2.26. The van der Waals surface area contributed by atoms with Crippen LogP contribution in [0.3, 0.4) is 0 Å². The van der Waals surface area contributed by atoms with Crippen molar-refractivity contribution in [3.63, 3.8) is 0 Å². The number of amidine groups is 1. The highest BCUT2D eigenvalue weighted by Gasteiger charge is 2.38. The summed E-state index contributed by atoms with van der Waals surface area (Å²) in [5.41, 5.74) is 1.59. The number of thioether (sulfide) groups is 1. The minimum atomic E-state index is 0.0202. The molecule has 0 aromatic heterocycles. The molecule has 21 heavy (non-hydrogen) atoms. The van der Waals surface area contributed by atoms with Gasteiger partial charge >= 0.3 is 11.1 Å². The molecule has 0 saturated carbocycles. The van der Waals surface area contributed by atoms with Crippen molar-refractivity contribution in [2.75, 3.05) is 10.7 Å². The van der Waals surface area contributed by atoms with E-state index < -0.39 is 0 Å². The Labute approximate surface area is 136 Å². The van der Waals surface area contributed by atoms with Gasteiger partial charge in [-0.1, -0.05) is 35.3 Å². The molecule has 1 amide bonds. The average Bonchev–Trinajstić information content (AvgIpc) is 2.80. The molecule has 2 aromatic carbocycles. The third-order valence-corrected chi connectivity index (χ3v) is 4.35. The minimum Gasteiger partial charge on any atom is -0.245 e. The van der Waals surface area contributed by atoms with Crippen LogP contribution in [0.1, 0.15) is 0 Å². The van der Waals surface area contributed by atoms with Crippen LogP contribution in [0, 0.1) is 0 Å². The molecule has 6 heteroatoms. The number of anilines is 1. The van der Waals surface area contributed by atoms with E-state index in [2.05, 4.69) is 4.99 Å². The first kappa shape index (κ1) is 14.4. The molecule has 1 aliphatic heterocycles. The largest absolute Gasteiger partial charge is 0.325 e. The summed E-state index contributed by atoms with van der Waals surface area (Å²) in [4.78, 5) is 17.0. The van der Waals surface area contributed by atoms with Gasteiger partial charge in [0, 0.05) is 22.2 Å². The fourth-order valence-corrected chi connectivity index (χ4v) is 3.32. The zero-order chi connectivity index (χ0) is 14.8. The van der Waals surface area contributed by atoms with E-state index in [9.17, 15) is 4.79 Å². The molecule has 2 aromatic rings. The fourth-order valence-electron chi connectivity index (χ4n) is 2.03. The lowest BCUT2D eigenvalue weighted by Crippen LogP contribution is -2.69. The third-order valence-electron chi connectivity index (χ3n) is 2.93. The SMILES string of the molecule is O=C1CSC(=[NH+]c2cccc(Cl)c2)N1c1cccc(Cl)c1. The highest BCUT2D eigenvalue weighted by molar-refractivity contribution is 8.15. The molecule has 3 rings (SSSR count). The van der Waals surface area contributed by atoms with E-state index in [4.69, 9.17) is 23.2 Å². The number of rotatable bonds is 2. The van der Waals surface area contributed by atoms with Gasteiger partial charge in [0.2, 0.25) is 0 Å². The number of hydrogen-bond donors (Lipinski definition) is 1. The van der Waals surface area contributed by atoms with Crippen molar-refractivity contribution in [3.05, 3.63) is 58.6 Å². The zero-order valence-corrected chi connectivity index (χ0v) is 13.2. The minimum absolute atomic E-state index is 0.0202. The Bertz CT molecular complexity index is 733. The summed E-state index contributed by atoms with van der Waals surface area (Å²) in [6, 6.07) is 14.6. The molecule has 0 radical (unpaired) electrons. The number of amides is 1. The van der Waals surface area contributed by atoms with Crippen molar-refractivity contribution >= 4 is 57.4 Å². The normalized spacial score (nSPS) is 16.8. The molecular weight excluding hydrogens is 327 g/mol. The summed E-state index contributed by atoms with van der Waals surface area (Å²) >= 11 is 13.4. The van der Waals surface area contributed by atoms with Gasteiger partial charge in [-0.05, 0) is 36.0 Å². The van der Waals surface area contributed by atoms with E-state index in [1.807, 2.05) is 30.3 Å². The standard InChI is InChI=1S/C15H10Cl2N2OS/c16-10-3-1-5-12(7-10)18-15-19(14(20)9-21-15)13-6-2-4-11(17)8-13/h1-8H,9H2/p+1. The molecule has 0 bridgehead atoms. The second-order valence-electron chi connectivity index (χ2n) is 4.44. The molecule has 1 saturated heterocycles. The first-order valence-electron chi connectivity index (χ1n) is 6.24. The predicted molar refractivity (Wildman–Crippen MR) is 88.5 cm³/mol. The van der Waals surface area contributed by atoms with Gasteiger partial charge in [0.15, 0.2) is 0 Å². The van der Waals surface area contributed by atoms with Gasteiger partial charge in [0.05, 0.1) is 0 Å². The van der Waals surface area contributed by atoms with Gasteiger partial charge in [-0.25, -0.2) is 9.79 Å². The smallest absolute Gasteiger partial charge is 0.245 e. The number of carbonyl (C=O) groups is 1. The van der Waals surface area contributed by atoms with Crippen molar-refractivity contribution in [3.8, 4) is 0 Å². The Balaban J connectivity index is 2.00. The zero-order valence-electron chi connectivity index (χ0n) is 10.8. The van der Waals surface area contributed by atoms with E-state index in [1.54, 1.807) is 23.1 Å². The van der Waals surface area contributed by atoms with Gasteiger partial charge in [-0.15, -0.1) is 0 Å². The maximum absolute atomic E-state index is 12.1. The summed E-state index contributed by atoms with van der Waals surface area (Å²) in [7, 11) is 0. The third kappa shape index (κ3) is 3.23. The Morgan fingerprint density at radius 1 is 1.05 bits per heavy atom. The number of nitrogens with one attached hydrogen (secondary N) is 1. The average molecular weight is 338 g/mol. The Hall–Kier alpha value is -1.49. The molecule has 0 unspecified atom stereocenters. The maximum atomic E-state index is 12.1. The van der Waals surface area contributed by atoms with Crippen LogP contribution in [0.5, 0.6) is 0 Å². The van der Waals surface area contributed by atoms with Crippen LogP contribution in [0.15, 0.2) is 48.5 Å². The predicted octanol–water partition coefficient (Wildman–Crippen LogP) is 2.84. The summed E-state index contributed by atoms with van der Waals surface area (Å²) in [5.74, 6) is 0.418. The van der Waals surface area contributed by atoms with Gasteiger partial charge in [-0.2, -0.15) is 4.90 Å². The quantitative estimate of drug-likeness (QED) is 0.914. The Morgan fingerprint density at radius 2 is 1.76 bits per heavy atom. The van der Waals surface area contributed by atoms with Crippen molar-refractivity contribution in [1.82, 2.24) is 0 Å². The van der Waals surface area contributed by atoms with Crippen molar-refractivity contribution in [2.24, 2.45) is 0 Å². The van der Waals surface area contributed by atoms with Gasteiger partial charge < -0.3 is 0 Å². The van der Waals surface area contributed by atoms with Crippen LogP contribution in [-0.2, 0) is 4.79 Å².